The summed E-state index contributed by atoms with van der Waals surface area (Å²) >= 11 is 0. The van der Waals surface area contributed by atoms with Crippen molar-refractivity contribution < 1.29 is 14.2 Å². The van der Waals surface area contributed by atoms with Crippen molar-refractivity contribution in [2.24, 2.45) is 0 Å². The van der Waals surface area contributed by atoms with E-state index in [4.69, 9.17) is 14.2 Å². The molecule has 2 unspecified atom stereocenters. The predicted molar refractivity (Wildman–Crippen MR) is 130 cm³/mol. The summed E-state index contributed by atoms with van der Waals surface area (Å²) in [6, 6.07) is 29.9. The third-order valence-corrected chi connectivity index (χ3v) is 5.79. The lowest BCUT2D eigenvalue weighted by atomic mass is 10.0. The lowest BCUT2D eigenvalue weighted by Crippen LogP contribution is -2.55. The number of benzene rings is 3. The summed E-state index contributed by atoms with van der Waals surface area (Å²) in [5.41, 5.74) is 1.11. The van der Waals surface area contributed by atoms with Gasteiger partial charge in [-0.2, -0.15) is 0 Å². The standard InChI is InChI=1S/C29H28NO3/c1-5-13-23(14-6-1)30-28(32-25-17-9-3-10-18-25)21-27(31-24-15-7-2-8-16-24)22-29(30)33-26-19-11-4-12-20-26/h1-5,7-20,27-29H,6,21-22H2. The minimum absolute atomic E-state index is 0.0502. The largest absolute Gasteiger partial charge is 0.490 e. The van der Waals surface area contributed by atoms with E-state index in [9.17, 15) is 0 Å². The molecule has 0 saturated carbocycles. The molecule has 1 radical (unpaired) electrons. The summed E-state index contributed by atoms with van der Waals surface area (Å²) in [4.78, 5) is 2.26. The Morgan fingerprint density at radius 3 is 1.55 bits per heavy atom. The topological polar surface area (TPSA) is 30.9 Å². The van der Waals surface area contributed by atoms with Crippen LogP contribution in [0.3, 0.4) is 0 Å². The minimum atomic E-state index is -0.238. The van der Waals surface area contributed by atoms with Gasteiger partial charge in [-0.15, -0.1) is 0 Å². The van der Waals surface area contributed by atoms with Crippen molar-refractivity contribution in [3.8, 4) is 17.2 Å². The van der Waals surface area contributed by atoms with Crippen molar-refractivity contribution in [2.45, 2.75) is 37.8 Å². The highest BCUT2D eigenvalue weighted by atomic mass is 16.5. The quantitative estimate of drug-likeness (QED) is 0.428. The molecule has 5 rings (SSSR count). The fraction of sp³-hybridized carbons (Fsp3) is 0.207. The smallest absolute Gasteiger partial charge is 0.178 e. The maximum atomic E-state index is 6.54. The Hall–Kier alpha value is -3.66. The highest BCUT2D eigenvalue weighted by Gasteiger charge is 2.40. The molecule has 1 heterocycles. The van der Waals surface area contributed by atoms with Crippen LogP contribution in [-0.4, -0.2) is 23.5 Å². The van der Waals surface area contributed by atoms with E-state index in [1.54, 1.807) is 0 Å². The number of nitrogens with zero attached hydrogens (tertiary/aromatic N) is 1. The monoisotopic (exact) mass is 438 g/mol. The van der Waals surface area contributed by atoms with Crippen molar-refractivity contribution >= 4 is 0 Å². The van der Waals surface area contributed by atoms with E-state index in [1.807, 2.05) is 91.0 Å². The van der Waals surface area contributed by atoms with Crippen LogP contribution in [0.25, 0.3) is 0 Å². The van der Waals surface area contributed by atoms with Crippen LogP contribution < -0.4 is 14.2 Å². The zero-order chi connectivity index (χ0) is 22.3. The van der Waals surface area contributed by atoms with Gasteiger partial charge in [-0.1, -0.05) is 66.7 Å². The summed E-state index contributed by atoms with van der Waals surface area (Å²) in [6.07, 6.45) is 10.4. The van der Waals surface area contributed by atoms with Gasteiger partial charge < -0.3 is 19.1 Å². The Kier molecular flexibility index (Phi) is 6.62. The Labute approximate surface area is 195 Å². The van der Waals surface area contributed by atoms with Crippen molar-refractivity contribution in [3.05, 3.63) is 121 Å². The van der Waals surface area contributed by atoms with Crippen molar-refractivity contribution in [3.63, 3.8) is 0 Å². The molecule has 4 heteroatoms. The Morgan fingerprint density at radius 1 is 0.606 bits per heavy atom. The maximum absolute atomic E-state index is 6.54. The van der Waals surface area contributed by atoms with Gasteiger partial charge in [-0.3, -0.25) is 0 Å². The third kappa shape index (κ3) is 5.40. The van der Waals surface area contributed by atoms with Gasteiger partial charge in [0.25, 0.3) is 0 Å². The summed E-state index contributed by atoms with van der Waals surface area (Å²) < 4.78 is 19.5. The second-order valence-corrected chi connectivity index (χ2v) is 8.16. The fourth-order valence-electron chi connectivity index (χ4n) is 4.29. The van der Waals surface area contributed by atoms with Gasteiger partial charge in [-0.05, 0) is 55.3 Å². The lowest BCUT2D eigenvalue weighted by Gasteiger charge is -2.46. The number of hydrogen-bond acceptors (Lipinski definition) is 4. The van der Waals surface area contributed by atoms with Gasteiger partial charge in [0.15, 0.2) is 12.5 Å². The first-order valence-corrected chi connectivity index (χ1v) is 11.5. The van der Waals surface area contributed by atoms with E-state index < -0.39 is 0 Å². The Morgan fingerprint density at radius 2 is 1.09 bits per heavy atom. The zero-order valence-corrected chi connectivity index (χ0v) is 18.5. The molecule has 0 amide bonds. The molecule has 1 fully saturated rings. The molecule has 3 aromatic rings. The number of hydrogen-bond donors (Lipinski definition) is 0. The molecule has 0 bridgehead atoms. The van der Waals surface area contributed by atoms with E-state index >= 15 is 0 Å². The van der Waals surface area contributed by atoms with Crippen LogP contribution >= 0.6 is 0 Å². The molecule has 0 spiro atoms. The second kappa shape index (κ2) is 10.3. The summed E-state index contributed by atoms with van der Waals surface area (Å²) in [6.45, 7) is 0. The van der Waals surface area contributed by atoms with Crippen LogP contribution in [0.4, 0.5) is 0 Å². The van der Waals surface area contributed by atoms with Crippen LogP contribution in [0.15, 0.2) is 115 Å². The molecule has 33 heavy (non-hydrogen) atoms. The zero-order valence-electron chi connectivity index (χ0n) is 18.5. The van der Waals surface area contributed by atoms with Crippen LogP contribution in [0.1, 0.15) is 19.3 Å². The lowest BCUT2D eigenvalue weighted by molar-refractivity contribution is -0.115. The fourth-order valence-corrected chi connectivity index (χ4v) is 4.29. The van der Waals surface area contributed by atoms with E-state index in [0.29, 0.717) is 12.8 Å². The Bertz CT molecular complexity index is 1010. The normalized spacial score (nSPS) is 22.4. The van der Waals surface area contributed by atoms with Crippen LogP contribution in [0.2, 0.25) is 0 Å². The average molecular weight is 439 g/mol. The molecule has 0 N–H and O–H groups in total. The minimum Gasteiger partial charge on any atom is -0.490 e. The van der Waals surface area contributed by atoms with Crippen LogP contribution in [-0.2, 0) is 0 Å². The molecule has 3 aromatic carbocycles. The van der Waals surface area contributed by atoms with Crippen LogP contribution in [0.5, 0.6) is 17.2 Å². The van der Waals surface area contributed by atoms with Gasteiger partial charge in [0.05, 0.1) is 0 Å². The molecule has 1 aliphatic carbocycles. The maximum Gasteiger partial charge on any atom is 0.178 e. The number of para-hydroxylation sites is 3. The van der Waals surface area contributed by atoms with Gasteiger partial charge in [0, 0.05) is 18.5 Å². The predicted octanol–water partition coefficient (Wildman–Crippen LogP) is 6.39. The number of rotatable bonds is 7. The Balaban J connectivity index is 1.47. The number of ether oxygens (including phenoxy) is 3. The van der Waals surface area contributed by atoms with E-state index in [-0.39, 0.29) is 18.6 Å². The van der Waals surface area contributed by atoms with E-state index in [1.165, 1.54) is 0 Å². The first kappa shape index (κ1) is 21.2. The molecule has 4 nitrogen and oxygen atoms in total. The van der Waals surface area contributed by atoms with E-state index in [0.717, 1.165) is 29.4 Å². The third-order valence-electron chi connectivity index (χ3n) is 5.79. The molecular formula is C29H28NO3. The number of likely N-dealkylation sites (tertiary alicyclic amines) is 1. The van der Waals surface area contributed by atoms with Gasteiger partial charge >= 0.3 is 0 Å². The average Bonchev–Trinajstić information content (AvgIpc) is 2.86. The molecular weight excluding hydrogens is 410 g/mol. The highest BCUT2D eigenvalue weighted by Crippen LogP contribution is 2.34. The highest BCUT2D eigenvalue weighted by molar-refractivity contribution is 5.29. The van der Waals surface area contributed by atoms with E-state index in [2.05, 4.69) is 29.5 Å². The molecule has 2 aliphatic rings. The van der Waals surface area contributed by atoms with Crippen molar-refractivity contribution in [1.82, 2.24) is 4.90 Å². The van der Waals surface area contributed by atoms with Gasteiger partial charge in [0.1, 0.15) is 23.4 Å². The van der Waals surface area contributed by atoms with Crippen molar-refractivity contribution in [1.29, 1.82) is 0 Å². The van der Waals surface area contributed by atoms with Gasteiger partial charge in [0.2, 0.25) is 0 Å². The molecule has 0 aromatic heterocycles. The molecule has 1 aliphatic heterocycles. The molecule has 167 valence electrons. The first-order valence-electron chi connectivity index (χ1n) is 11.5. The summed E-state index contributed by atoms with van der Waals surface area (Å²) in [5, 5.41) is 0. The summed E-state index contributed by atoms with van der Waals surface area (Å²) in [5.74, 6) is 2.52. The number of allylic oxidation sites excluding steroid dienone is 3. The SMILES string of the molecule is [CH]1C=CC(N2C(Oc3ccccc3)CC(Oc3ccccc3)CC2Oc2ccccc2)=CC1. The molecule has 1 saturated heterocycles. The van der Waals surface area contributed by atoms with Gasteiger partial charge in [-0.25, -0.2) is 0 Å². The first-order chi connectivity index (χ1) is 16.3. The second-order valence-electron chi connectivity index (χ2n) is 8.16. The van der Waals surface area contributed by atoms with Crippen LogP contribution in [0, 0.1) is 6.42 Å². The van der Waals surface area contributed by atoms with Crippen molar-refractivity contribution in [2.75, 3.05) is 0 Å². The molecule has 2 atom stereocenters. The number of piperidine rings is 1. The summed E-state index contributed by atoms with van der Waals surface area (Å²) in [7, 11) is 0.